The Labute approximate surface area is 182 Å². The van der Waals surface area contributed by atoms with E-state index in [4.69, 9.17) is 15.0 Å². The van der Waals surface area contributed by atoms with Gasteiger partial charge in [0.15, 0.2) is 5.82 Å². The van der Waals surface area contributed by atoms with Gasteiger partial charge in [0, 0.05) is 50.4 Å². The number of H-pyrrole nitrogens is 1. The van der Waals surface area contributed by atoms with E-state index in [0.29, 0.717) is 29.6 Å². The van der Waals surface area contributed by atoms with Crippen molar-refractivity contribution < 1.29 is 4.79 Å². The zero-order valence-electron chi connectivity index (χ0n) is 18.5. The van der Waals surface area contributed by atoms with Gasteiger partial charge in [0.1, 0.15) is 6.29 Å². The summed E-state index contributed by atoms with van der Waals surface area (Å²) < 4.78 is 0. The lowest BCUT2D eigenvalue weighted by atomic mass is 9.91. The van der Waals surface area contributed by atoms with E-state index in [-0.39, 0.29) is 11.5 Å². The summed E-state index contributed by atoms with van der Waals surface area (Å²) in [4.78, 5) is 32.5. The minimum atomic E-state index is -0.225. The summed E-state index contributed by atoms with van der Waals surface area (Å²) in [6.07, 6.45) is 4.22. The van der Waals surface area contributed by atoms with Crippen LogP contribution in [0, 0.1) is 5.41 Å². The molecule has 2 aliphatic heterocycles. The van der Waals surface area contributed by atoms with Crippen LogP contribution in [0.4, 0.5) is 23.7 Å². The van der Waals surface area contributed by atoms with Gasteiger partial charge in [-0.25, -0.2) is 0 Å². The molecule has 3 aliphatic rings. The molecule has 0 spiro atoms. The third-order valence-electron chi connectivity index (χ3n) is 6.43. The average Bonchev–Trinajstić information content (AvgIpc) is 3.41. The van der Waals surface area contributed by atoms with E-state index in [0.717, 1.165) is 51.1 Å². The number of piperazine rings is 1. The lowest BCUT2D eigenvalue weighted by molar-refractivity contribution is -0.108. The fourth-order valence-electron chi connectivity index (χ4n) is 4.46. The highest BCUT2D eigenvalue weighted by Crippen LogP contribution is 2.40. The van der Waals surface area contributed by atoms with Gasteiger partial charge in [0.05, 0.1) is 6.04 Å². The van der Waals surface area contributed by atoms with E-state index in [1.165, 1.54) is 12.8 Å². The highest BCUT2D eigenvalue weighted by atomic mass is 16.1. The first-order valence-corrected chi connectivity index (χ1v) is 11.1. The van der Waals surface area contributed by atoms with Gasteiger partial charge in [0.25, 0.3) is 0 Å². The zero-order valence-corrected chi connectivity index (χ0v) is 18.5. The van der Waals surface area contributed by atoms with E-state index >= 15 is 0 Å². The van der Waals surface area contributed by atoms with Crippen molar-refractivity contribution in [2.24, 2.45) is 5.41 Å². The first-order valence-electron chi connectivity index (χ1n) is 11.1. The highest BCUT2D eigenvalue weighted by molar-refractivity contribution is 5.66. The Balaban J connectivity index is 1.46. The SMILES string of the molecule is CN1CCN(c2nc(Nc3cc(C4CC4)[nH]n3)nc(N3CC(C)(C)CC3C=O)n2)CC1. The van der Waals surface area contributed by atoms with Gasteiger partial charge in [0.2, 0.25) is 17.8 Å². The summed E-state index contributed by atoms with van der Waals surface area (Å²) in [5, 5.41) is 10.7. The maximum absolute atomic E-state index is 11.8. The van der Waals surface area contributed by atoms with E-state index < -0.39 is 0 Å². The molecule has 0 amide bonds. The molecular formula is C21H31N9O. The summed E-state index contributed by atoms with van der Waals surface area (Å²) in [6, 6.07) is 1.81. The van der Waals surface area contributed by atoms with Crippen molar-refractivity contribution in [3.8, 4) is 0 Å². The number of rotatable bonds is 6. The number of likely N-dealkylation sites (N-methyl/N-ethyl adjacent to an activating group) is 1. The van der Waals surface area contributed by atoms with E-state index in [1.807, 2.05) is 11.0 Å². The predicted octanol–water partition coefficient (Wildman–Crippen LogP) is 1.77. The highest BCUT2D eigenvalue weighted by Gasteiger charge is 2.39. The maximum Gasteiger partial charge on any atom is 0.235 e. The molecule has 1 atom stereocenters. The van der Waals surface area contributed by atoms with Crippen molar-refractivity contribution in [1.82, 2.24) is 30.0 Å². The second-order valence-electron chi connectivity index (χ2n) is 9.86. The first kappa shape index (κ1) is 20.2. The standard InChI is InChI=1S/C21H31N9O/c1-21(2)11-15(12-31)30(13-21)20-24-18(22-17-10-16(26-27-17)14-4-5-14)23-19(25-20)29-8-6-28(3)7-9-29/h10,12,14-15H,4-9,11,13H2,1-3H3,(H2,22,23,24,25,26,27). The fourth-order valence-corrected chi connectivity index (χ4v) is 4.46. The first-order chi connectivity index (χ1) is 14.9. The fraction of sp³-hybridized carbons (Fsp3) is 0.667. The van der Waals surface area contributed by atoms with Gasteiger partial charge in [-0.3, -0.25) is 5.10 Å². The van der Waals surface area contributed by atoms with Gasteiger partial charge in [-0.1, -0.05) is 13.8 Å². The molecule has 31 heavy (non-hydrogen) atoms. The van der Waals surface area contributed by atoms with Crippen LogP contribution < -0.4 is 15.1 Å². The van der Waals surface area contributed by atoms with Crippen LogP contribution in [0.5, 0.6) is 0 Å². The Hall–Kier alpha value is -2.75. The quantitative estimate of drug-likeness (QED) is 0.670. The summed E-state index contributed by atoms with van der Waals surface area (Å²) in [5.74, 6) is 2.96. The van der Waals surface area contributed by atoms with Crippen LogP contribution in [-0.4, -0.2) is 82.1 Å². The number of carbonyl (C=O) groups is 1. The van der Waals surface area contributed by atoms with Crippen LogP contribution >= 0.6 is 0 Å². The molecule has 10 nitrogen and oxygen atoms in total. The molecule has 2 N–H and O–H groups in total. The number of aromatic nitrogens is 5. The predicted molar refractivity (Wildman–Crippen MR) is 119 cm³/mol. The Kier molecular flexibility index (Phi) is 5.04. The van der Waals surface area contributed by atoms with Crippen molar-refractivity contribution in [3.05, 3.63) is 11.8 Å². The molecule has 2 saturated heterocycles. The van der Waals surface area contributed by atoms with Crippen molar-refractivity contribution in [2.45, 2.75) is 45.1 Å². The van der Waals surface area contributed by atoms with Crippen LogP contribution in [0.2, 0.25) is 0 Å². The lowest BCUT2D eigenvalue weighted by Crippen LogP contribution is -2.45. The molecule has 0 radical (unpaired) electrons. The number of nitrogens with one attached hydrogen (secondary N) is 2. The second-order valence-corrected chi connectivity index (χ2v) is 9.86. The van der Waals surface area contributed by atoms with Gasteiger partial charge >= 0.3 is 0 Å². The molecular weight excluding hydrogens is 394 g/mol. The largest absolute Gasteiger partial charge is 0.338 e. The minimum absolute atomic E-state index is 0.0289. The molecule has 10 heteroatoms. The van der Waals surface area contributed by atoms with E-state index in [2.05, 4.69) is 46.2 Å². The van der Waals surface area contributed by atoms with Crippen LogP contribution in [0.3, 0.4) is 0 Å². The molecule has 4 heterocycles. The Bertz CT molecular complexity index is 946. The summed E-state index contributed by atoms with van der Waals surface area (Å²) in [5.41, 5.74) is 1.18. The number of hydrogen-bond donors (Lipinski definition) is 2. The molecule has 3 fully saturated rings. The Morgan fingerprint density at radius 2 is 1.87 bits per heavy atom. The third-order valence-corrected chi connectivity index (χ3v) is 6.43. The van der Waals surface area contributed by atoms with Crippen LogP contribution in [0.25, 0.3) is 0 Å². The van der Waals surface area contributed by atoms with Crippen LogP contribution in [-0.2, 0) is 4.79 Å². The monoisotopic (exact) mass is 425 g/mol. The van der Waals surface area contributed by atoms with Crippen molar-refractivity contribution in [2.75, 3.05) is 54.9 Å². The average molecular weight is 426 g/mol. The van der Waals surface area contributed by atoms with Gasteiger partial charge in [-0.05, 0) is 31.7 Å². The van der Waals surface area contributed by atoms with Crippen LogP contribution in [0.1, 0.15) is 44.7 Å². The summed E-state index contributed by atoms with van der Waals surface area (Å²) >= 11 is 0. The zero-order chi connectivity index (χ0) is 21.6. The maximum atomic E-state index is 11.8. The van der Waals surface area contributed by atoms with E-state index in [9.17, 15) is 4.79 Å². The smallest absolute Gasteiger partial charge is 0.235 e. The molecule has 2 aromatic rings. The molecule has 1 unspecified atom stereocenters. The normalized spacial score (nSPS) is 23.9. The molecule has 0 aromatic carbocycles. The topological polar surface area (TPSA) is 106 Å². The summed E-state index contributed by atoms with van der Waals surface area (Å²) in [7, 11) is 2.12. The molecule has 2 aromatic heterocycles. The molecule has 0 bridgehead atoms. The Morgan fingerprint density at radius 1 is 1.13 bits per heavy atom. The van der Waals surface area contributed by atoms with Gasteiger partial charge < -0.3 is 24.8 Å². The van der Waals surface area contributed by atoms with E-state index in [1.54, 1.807) is 0 Å². The number of aromatic amines is 1. The number of nitrogens with zero attached hydrogens (tertiary/aromatic N) is 7. The van der Waals surface area contributed by atoms with Gasteiger partial charge in [-0.15, -0.1) is 0 Å². The van der Waals surface area contributed by atoms with Gasteiger partial charge in [-0.2, -0.15) is 20.1 Å². The Morgan fingerprint density at radius 3 is 2.58 bits per heavy atom. The number of aldehydes is 1. The van der Waals surface area contributed by atoms with Crippen LogP contribution in [0.15, 0.2) is 6.07 Å². The molecule has 5 rings (SSSR count). The summed E-state index contributed by atoms with van der Waals surface area (Å²) in [6.45, 7) is 8.72. The molecule has 166 valence electrons. The number of carbonyl (C=O) groups excluding carboxylic acids is 1. The molecule has 1 aliphatic carbocycles. The van der Waals surface area contributed by atoms with Crippen molar-refractivity contribution in [3.63, 3.8) is 0 Å². The van der Waals surface area contributed by atoms with Crippen molar-refractivity contribution in [1.29, 1.82) is 0 Å². The lowest BCUT2D eigenvalue weighted by Gasteiger charge is -2.33. The number of anilines is 4. The second kappa shape index (κ2) is 7.74. The molecule has 1 saturated carbocycles. The minimum Gasteiger partial charge on any atom is -0.338 e. The third kappa shape index (κ3) is 4.34. The number of hydrogen-bond acceptors (Lipinski definition) is 9. The van der Waals surface area contributed by atoms with Crippen molar-refractivity contribution >= 4 is 29.9 Å².